The van der Waals surface area contributed by atoms with E-state index in [9.17, 15) is 0 Å². The van der Waals surface area contributed by atoms with Gasteiger partial charge in [-0.25, -0.2) is 0 Å². The lowest BCUT2D eigenvalue weighted by Gasteiger charge is -2.30. The predicted molar refractivity (Wildman–Crippen MR) is 70.7 cm³/mol. The molecule has 1 rings (SSSR count). The van der Waals surface area contributed by atoms with E-state index in [-0.39, 0.29) is 0 Å². The summed E-state index contributed by atoms with van der Waals surface area (Å²) in [5, 5.41) is 3.72. The van der Waals surface area contributed by atoms with Crippen LogP contribution in [0.1, 0.15) is 26.2 Å². The lowest BCUT2D eigenvalue weighted by Crippen LogP contribution is -2.39. The molecular formula is C12H26N2S. The molecule has 2 nitrogen and oxygen atoms in total. The first-order valence-electron chi connectivity index (χ1n) is 6.17. The van der Waals surface area contributed by atoms with Gasteiger partial charge in [-0.2, -0.15) is 11.8 Å². The lowest BCUT2D eigenvalue weighted by atomic mass is 9.97. The summed E-state index contributed by atoms with van der Waals surface area (Å²) in [6, 6.07) is 0.722. The SMILES string of the molecule is CCC(CSC)NCC1CCN(C)CC1. The van der Waals surface area contributed by atoms with Crippen molar-refractivity contribution in [2.75, 3.05) is 38.7 Å². The van der Waals surface area contributed by atoms with Crippen molar-refractivity contribution < 1.29 is 0 Å². The Morgan fingerprint density at radius 1 is 1.40 bits per heavy atom. The van der Waals surface area contributed by atoms with E-state index in [1.54, 1.807) is 0 Å². The van der Waals surface area contributed by atoms with Crippen LogP contribution in [0, 0.1) is 5.92 Å². The molecule has 0 amide bonds. The second-order valence-electron chi connectivity index (χ2n) is 4.72. The molecule has 3 heteroatoms. The standard InChI is InChI=1S/C12H26N2S/c1-4-12(10-15-3)13-9-11-5-7-14(2)8-6-11/h11-13H,4-10H2,1-3H3. The maximum Gasteiger partial charge on any atom is 0.0155 e. The molecule has 90 valence electrons. The molecule has 0 aliphatic carbocycles. The van der Waals surface area contributed by atoms with Crippen molar-refractivity contribution in [2.24, 2.45) is 5.92 Å². The Kier molecular flexibility index (Phi) is 6.69. The Bertz CT molecular complexity index is 156. The van der Waals surface area contributed by atoms with Gasteiger partial charge in [-0.15, -0.1) is 0 Å². The van der Waals surface area contributed by atoms with E-state index in [1.165, 1.54) is 44.6 Å². The molecule has 1 N–H and O–H groups in total. The molecule has 0 spiro atoms. The molecule has 1 saturated heterocycles. The Hall–Kier alpha value is 0.270. The molecule has 0 aromatic carbocycles. The lowest BCUT2D eigenvalue weighted by molar-refractivity contribution is 0.213. The van der Waals surface area contributed by atoms with Crippen molar-refractivity contribution in [3.63, 3.8) is 0 Å². The first kappa shape index (κ1) is 13.3. The maximum absolute atomic E-state index is 3.72. The van der Waals surface area contributed by atoms with Crippen molar-refractivity contribution in [1.82, 2.24) is 10.2 Å². The maximum atomic E-state index is 3.72. The molecule has 1 aliphatic heterocycles. The molecule has 15 heavy (non-hydrogen) atoms. The van der Waals surface area contributed by atoms with Crippen LogP contribution in [0.4, 0.5) is 0 Å². The third kappa shape index (κ3) is 5.23. The van der Waals surface area contributed by atoms with Gasteiger partial charge in [0.1, 0.15) is 0 Å². The first-order chi connectivity index (χ1) is 7.26. The average Bonchev–Trinajstić information content (AvgIpc) is 2.26. The number of hydrogen-bond donors (Lipinski definition) is 1. The molecule has 0 bridgehead atoms. The number of hydrogen-bond acceptors (Lipinski definition) is 3. The third-order valence-electron chi connectivity index (χ3n) is 3.39. The molecule has 1 fully saturated rings. The zero-order valence-corrected chi connectivity index (χ0v) is 11.3. The smallest absolute Gasteiger partial charge is 0.0155 e. The van der Waals surface area contributed by atoms with Gasteiger partial charge >= 0.3 is 0 Å². The van der Waals surface area contributed by atoms with Gasteiger partial charge in [0, 0.05) is 11.8 Å². The Morgan fingerprint density at radius 3 is 2.60 bits per heavy atom. The van der Waals surface area contributed by atoms with Crippen molar-refractivity contribution in [1.29, 1.82) is 0 Å². The number of rotatable bonds is 6. The van der Waals surface area contributed by atoms with Crippen LogP contribution < -0.4 is 5.32 Å². The second kappa shape index (κ2) is 7.53. The summed E-state index contributed by atoms with van der Waals surface area (Å²) >= 11 is 1.95. The Balaban J connectivity index is 2.12. The van der Waals surface area contributed by atoms with Crippen LogP contribution in [-0.2, 0) is 0 Å². The van der Waals surface area contributed by atoms with E-state index >= 15 is 0 Å². The van der Waals surface area contributed by atoms with Crippen LogP contribution in [0.3, 0.4) is 0 Å². The summed E-state index contributed by atoms with van der Waals surface area (Å²) in [6.45, 7) is 6.08. The largest absolute Gasteiger partial charge is 0.313 e. The van der Waals surface area contributed by atoms with Crippen LogP contribution in [0.15, 0.2) is 0 Å². The van der Waals surface area contributed by atoms with Gasteiger partial charge in [0.15, 0.2) is 0 Å². The van der Waals surface area contributed by atoms with Crippen molar-refractivity contribution >= 4 is 11.8 Å². The van der Waals surface area contributed by atoms with Gasteiger partial charge < -0.3 is 10.2 Å². The fourth-order valence-corrected chi connectivity index (χ4v) is 2.88. The van der Waals surface area contributed by atoms with Crippen LogP contribution in [-0.4, -0.2) is 49.6 Å². The minimum atomic E-state index is 0.722. The Labute approximate surface area is 99.2 Å². The quantitative estimate of drug-likeness (QED) is 0.752. The number of thioether (sulfide) groups is 1. The molecule has 0 aromatic rings. The minimum absolute atomic E-state index is 0.722. The van der Waals surface area contributed by atoms with E-state index < -0.39 is 0 Å². The second-order valence-corrected chi connectivity index (χ2v) is 5.63. The van der Waals surface area contributed by atoms with Crippen LogP contribution >= 0.6 is 11.8 Å². The molecule has 1 unspecified atom stereocenters. The summed E-state index contributed by atoms with van der Waals surface area (Å²) in [5.41, 5.74) is 0. The highest BCUT2D eigenvalue weighted by Gasteiger charge is 2.17. The van der Waals surface area contributed by atoms with E-state index in [0.29, 0.717) is 0 Å². The zero-order chi connectivity index (χ0) is 11.1. The van der Waals surface area contributed by atoms with Gasteiger partial charge in [0.25, 0.3) is 0 Å². The van der Waals surface area contributed by atoms with Gasteiger partial charge in [-0.1, -0.05) is 6.92 Å². The summed E-state index contributed by atoms with van der Waals surface area (Å²) in [6.07, 6.45) is 6.20. The topological polar surface area (TPSA) is 15.3 Å². The van der Waals surface area contributed by atoms with Crippen LogP contribution in [0.25, 0.3) is 0 Å². The van der Waals surface area contributed by atoms with E-state index in [1.807, 2.05) is 11.8 Å². The fraction of sp³-hybridized carbons (Fsp3) is 1.00. The molecule has 1 aliphatic rings. The number of likely N-dealkylation sites (tertiary alicyclic amines) is 1. The number of piperidine rings is 1. The van der Waals surface area contributed by atoms with Gasteiger partial charge in [-0.3, -0.25) is 0 Å². The number of nitrogens with zero attached hydrogens (tertiary/aromatic N) is 1. The highest BCUT2D eigenvalue weighted by molar-refractivity contribution is 7.98. The normalized spacial score (nSPS) is 21.8. The minimum Gasteiger partial charge on any atom is -0.313 e. The molecule has 0 radical (unpaired) electrons. The van der Waals surface area contributed by atoms with E-state index in [0.717, 1.165) is 12.0 Å². The van der Waals surface area contributed by atoms with Crippen LogP contribution in [0.5, 0.6) is 0 Å². The zero-order valence-electron chi connectivity index (χ0n) is 10.5. The Morgan fingerprint density at radius 2 is 2.07 bits per heavy atom. The monoisotopic (exact) mass is 230 g/mol. The van der Waals surface area contributed by atoms with Crippen LogP contribution in [0.2, 0.25) is 0 Å². The molecular weight excluding hydrogens is 204 g/mol. The highest BCUT2D eigenvalue weighted by atomic mass is 32.2. The molecule has 1 heterocycles. The summed E-state index contributed by atoms with van der Waals surface area (Å²) in [4.78, 5) is 2.44. The summed E-state index contributed by atoms with van der Waals surface area (Å²) in [7, 11) is 2.23. The van der Waals surface area contributed by atoms with Gasteiger partial charge in [0.2, 0.25) is 0 Å². The molecule has 0 aromatic heterocycles. The van der Waals surface area contributed by atoms with Gasteiger partial charge in [0.05, 0.1) is 0 Å². The highest BCUT2D eigenvalue weighted by Crippen LogP contribution is 2.15. The summed E-state index contributed by atoms with van der Waals surface area (Å²) in [5.74, 6) is 2.17. The number of nitrogens with one attached hydrogen (secondary N) is 1. The third-order valence-corrected chi connectivity index (χ3v) is 4.13. The fourth-order valence-electron chi connectivity index (χ4n) is 2.12. The molecule has 1 atom stereocenters. The van der Waals surface area contributed by atoms with E-state index in [4.69, 9.17) is 0 Å². The molecule has 0 saturated carbocycles. The van der Waals surface area contributed by atoms with Gasteiger partial charge in [-0.05, 0) is 58.1 Å². The average molecular weight is 230 g/mol. The van der Waals surface area contributed by atoms with E-state index in [2.05, 4.69) is 30.4 Å². The first-order valence-corrected chi connectivity index (χ1v) is 7.56. The summed E-state index contributed by atoms with van der Waals surface area (Å²) < 4.78 is 0. The van der Waals surface area contributed by atoms with Crippen molar-refractivity contribution in [3.8, 4) is 0 Å². The predicted octanol–water partition coefficient (Wildman–Crippen LogP) is 2.06. The van der Waals surface area contributed by atoms with Crippen molar-refractivity contribution in [2.45, 2.75) is 32.2 Å². The van der Waals surface area contributed by atoms with Crippen molar-refractivity contribution in [3.05, 3.63) is 0 Å².